The van der Waals surface area contributed by atoms with Crippen molar-refractivity contribution in [2.45, 2.75) is 25.1 Å². The lowest BCUT2D eigenvalue weighted by atomic mass is 10.0. The lowest BCUT2D eigenvalue weighted by Gasteiger charge is -2.18. The first-order valence-electron chi connectivity index (χ1n) is 7.86. The number of para-hydroxylation sites is 1. The van der Waals surface area contributed by atoms with E-state index >= 15 is 0 Å². The fourth-order valence-electron chi connectivity index (χ4n) is 2.94. The van der Waals surface area contributed by atoms with Crippen LogP contribution in [0.4, 0.5) is 24.9 Å². The number of nitrogens with zero attached hydrogens (tertiary/aromatic N) is 2. The summed E-state index contributed by atoms with van der Waals surface area (Å²) in [6.07, 6.45) is -0.143. The van der Waals surface area contributed by atoms with Crippen molar-refractivity contribution in [1.82, 2.24) is 9.97 Å². The van der Waals surface area contributed by atoms with Crippen LogP contribution in [0.5, 0.6) is 0 Å². The predicted octanol–water partition coefficient (Wildman–Crippen LogP) is 4.39. The van der Waals surface area contributed by atoms with Crippen LogP contribution in [0.2, 0.25) is 0 Å². The molecule has 3 aromatic rings. The summed E-state index contributed by atoms with van der Waals surface area (Å²) in [5.74, 6) is -0.155. The molecule has 0 bridgehead atoms. The first kappa shape index (κ1) is 15.7. The average molecular weight is 348 g/mol. The third-order valence-electron chi connectivity index (χ3n) is 4.35. The lowest BCUT2D eigenvalue weighted by Crippen LogP contribution is -2.17. The maximum absolute atomic E-state index is 12.8. The van der Waals surface area contributed by atoms with Crippen molar-refractivity contribution in [2.75, 3.05) is 11.1 Å². The maximum Gasteiger partial charge on any atom is 0.421 e. The quantitative estimate of drug-likeness (QED) is 0.731. The van der Waals surface area contributed by atoms with E-state index in [1.165, 1.54) is 0 Å². The Balaban J connectivity index is 1.66. The fraction of sp³-hybridized carbons (Fsp3) is 0.294. The average Bonchev–Trinajstić information content (AvgIpc) is 3.31. The summed E-state index contributed by atoms with van der Waals surface area (Å²) in [5.41, 5.74) is 6.13. The Bertz CT molecular complexity index is 918. The molecule has 8 heteroatoms. The molecule has 1 fully saturated rings. The van der Waals surface area contributed by atoms with E-state index < -0.39 is 17.6 Å². The molecule has 3 N–H and O–H groups in total. The minimum atomic E-state index is -4.57. The van der Waals surface area contributed by atoms with Crippen LogP contribution < -0.4 is 11.1 Å². The molecule has 0 aliphatic heterocycles. The number of aromatic nitrogens is 2. The number of benzene rings is 1. The molecule has 1 atom stereocenters. The van der Waals surface area contributed by atoms with Crippen LogP contribution in [0.15, 0.2) is 41.1 Å². The number of furan rings is 1. The minimum Gasteiger partial charge on any atom is -0.464 e. The Labute approximate surface area is 141 Å². The second-order valence-electron chi connectivity index (χ2n) is 6.14. The number of halogens is 3. The van der Waals surface area contributed by atoms with Gasteiger partial charge in [0.15, 0.2) is 0 Å². The molecule has 0 radical (unpaired) electrons. The molecule has 25 heavy (non-hydrogen) atoms. The zero-order chi connectivity index (χ0) is 17.6. The SMILES string of the molecule is Nc1nc(N[C@@H](c2coc3ccccc23)C2CC2)ncc1C(F)(F)F. The van der Waals surface area contributed by atoms with Crippen LogP contribution in [0.25, 0.3) is 11.0 Å². The fourth-order valence-corrected chi connectivity index (χ4v) is 2.94. The topological polar surface area (TPSA) is 77.0 Å². The molecule has 1 saturated carbocycles. The standard InChI is InChI=1S/C17H15F3N4O/c18-17(19,20)12-7-22-16(24-15(12)21)23-14(9-5-6-9)11-8-25-13-4-2-1-3-10(11)13/h1-4,7-9,14H,5-6H2,(H3,21,22,23,24)/t14-/m1/s1. The molecule has 0 spiro atoms. The van der Waals surface area contributed by atoms with E-state index in [0.717, 1.165) is 29.4 Å². The molecule has 130 valence electrons. The zero-order valence-electron chi connectivity index (χ0n) is 13.0. The van der Waals surface area contributed by atoms with Crippen molar-refractivity contribution in [3.05, 3.63) is 47.9 Å². The Hall–Kier alpha value is -2.77. The molecule has 5 nitrogen and oxygen atoms in total. The van der Waals surface area contributed by atoms with E-state index in [1.54, 1.807) is 6.26 Å². The van der Waals surface area contributed by atoms with Gasteiger partial charge in [0.05, 0.1) is 12.3 Å². The summed E-state index contributed by atoms with van der Waals surface area (Å²) >= 11 is 0. The Kier molecular flexibility index (Phi) is 3.55. The van der Waals surface area contributed by atoms with Crippen LogP contribution >= 0.6 is 0 Å². The minimum absolute atomic E-state index is 0.0766. The van der Waals surface area contributed by atoms with Crippen molar-refractivity contribution in [1.29, 1.82) is 0 Å². The van der Waals surface area contributed by atoms with Crippen molar-refractivity contribution in [3.8, 4) is 0 Å². The van der Waals surface area contributed by atoms with E-state index in [9.17, 15) is 13.2 Å². The van der Waals surface area contributed by atoms with Crippen molar-refractivity contribution in [2.24, 2.45) is 5.92 Å². The van der Waals surface area contributed by atoms with E-state index in [1.807, 2.05) is 24.3 Å². The summed E-state index contributed by atoms with van der Waals surface area (Å²) in [6.45, 7) is 0. The van der Waals surface area contributed by atoms with Crippen LogP contribution in [0, 0.1) is 5.92 Å². The molecule has 2 heterocycles. The van der Waals surface area contributed by atoms with Gasteiger partial charge in [0.2, 0.25) is 5.95 Å². The van der Waals surface area contributed by atoms with Gasteiger partial charge in [0.25, 0.3) is 0 Å². The largest absolute Gasteiger partial charge is 0.464 e. The summed E-state index contributed by atoms with van der Waals surface area (Å²) in [6, 6.07) is 7.48. The molecule has 0 amide bonds. The van der Waals surface area contributed by atoms with Gasteiger partial charge in [0.1, 0.15) is 17.0 Å². The van der Waals surface area contributed by atoms with Crippen LogP contribution in [-0.4, -0.2) is 9.97 Å². The van der Waals surface area contributed by atoms with Gasteiger partial charge in [-0.25, -0.2) is 4.98 Å². The van der Waals surface area contributed by atoms with Crippen molar-refractivity contribution < 1.29 is 17.6 Å². The number of rotatable bonds is 4. The van der Waals surface area contributed by atoms with Crippen LogP contribution in [0.3, 0.4) is 0 Å². The number of nitrogens with two attached hydrogens (primary N) is 1. The highest BCUT2D eigenvalue weighted by Gasteiger charge is 2.36. The molecule has 1 aliphatic carbocycles. The van der Waals surface area contributed by atoms with Crippen LogP contribution in [0.1, 0.15) is 30.0 Å². The third-order valence-corrected chi connectivity index (χ3v) is 4.35. The number of anilines is 2. The highest BCUT2D eigenvalue weighted by atomic mass is 19.4. The highest BCUT2D eigenvalue weighted by Crippen LogP contribution is 2.45. The number of fused-ring (bicyclic) bond motifs is 1. The Morgan fingerprint density at radius 2 is 2.00 bits per heavy atom. The molecule has 0 saturated heterocycles. The number of nitrogens with one attached hydrogen (secondary N) is 1. The van der Waals surface area contributed by atoms with E-state index in [2.05, 4.69) is 15.3 Å². The summed E-state index contributed by atoms with van der Waals surface area (Å²) in [4.78, 5) is 7.58. The van der Waals surface area contributed by atoms with Gasteiger partial charge in [0, 0.05) is 17.1 Å². The number of alkyl halides is 3. The normalized spacial score (nSPS) is 16.1. The highest BCUT2D eigenvalue weighted by molar-refractivity contribution is 5.81. The van der Waals surface area contributed by atoms with Crippen molar-refractivity contribution in [3.63, 3.8) is 0 Å². The van der Waals surface area contributed by atoms with E-state index in [0.29, 0.717) is 12.1 Å². The monoisotopic (exact) mass is 348 g/mol. The molecule has 4 rings (SSSR count). The Morgan fingerprint density at radius 3 is 2.68 bits per heavy atom. The maximum atomic E-state index is 12.8. The van der Waals surface area contributed by atoms with Crippen molar-refractivity contribution >= 4 is 22.7 Å². The molecule has 2 aromatic heterocycles. The number of nitrogen functional groups attached to an aromatic ring is 1. The molecule has 1 aromatic carbocycles. The van der Waals surface area contributed by atoms with E-state index in [-0.39, 0.29) is 12.0 Å². The zero-order valence-corrected chi connectivity index (χ0v) is 13.0. The predicted molar refractivity (Wildman–Crippen MR) is 86.7 cm³/mol. The van der Waals surface area contributed by atoms with Crippen LogP contribution in [-0.2, 0) is 6.18 Å². The second-order valence-corrected chi connectivity index (χ2v) is 6.14. The third kappa shape index (κ3) is 2.99. The van der Waals surface area contributed by atoms with Gasteiger partial charge < -0.3 is 15.5 Å². The Morgan fingerprint density at radius 1 is 1.24 bits per heavy atom. The molecule has 0 unspecified atom stereocenters. The molecule has 1 aliphatic rings. The number of hydrogen-bond donors (Lipinski definition) is 2. The molecular weight excluding hydrogens is 333 g/mol. The van der Waals surface area contributed by atoms with E-state index in [4.69, 9.17) is 10.2 Å². The second kappa shape index (κ2) is 5.65. The first-order valence-corrected chi connectivity index (χ1v) is 7.86. The summed E-state index contributed by atoms with van der Waals surface area (Å²) in [5, 5.41) is 4.09. The van der Waals surface area contributed by atoms with Gasteiger partial charge in [-0.1, -0.05) is 18.2 Å². The number of hydrogen-bond acceptors (Lipinski definition) is 5. The molecular formula is C17H15F3N4O. The van der Waals surface area contributed by atoms with Gasteiger partial charge in [-0.05, 0) is 24.8 Å². The van der Waals surface area contributed by atoms with Gasteiger partial charge in [-0.15, -0.1) is 0 Å². The van der Waals surface area contributed by atoms with Gasteiger partial charge in [-0.2, -0.15) is 18.2 Å². The summed E-state index contributed by atoms with van der Waals surface area (Å²) in [7, 11) is 0. The summed E-state index contributed by atoms with van der Waals surface area (Å²) < 4.78 is 43.9. The smallest absolute Gasteiger partial charge is 0.421 e. The first-order chi connectivity index (χ1) is 11.9. The lowest BCUT2D eigenvalue weighted by molar-refractivity contribution is -0.137. The van der Waals surface area contributed by atoms with Gasteiger partial charge >= 0.3 is 6.18 Å². The van der Waals surface area contributed by atoms with Gasteiger partial charge in [-0.3, -0.25) is 0 Å².